The number of rotatable bonds is 6. The van der Waals surface area contributed by atoms with E-state index in [0.29, 0.717) is 22.7 Å². The predicted molar refractivity (Wildman–Crippen MR) is 110 cm³/mol. The van der Waals surface area contributed by atoms with E-state index < -0.39 is 4.92 Å². The molecule has 8 nitrogen and oxygen atoms in total. The molecule has 146 valence electrons. The number of hydrogen-bond acceptors (Lipinski definition) is 6. The van der Waals surface area contributed by atoms with Gasteiger partial charge in [-0.15, -0.1) is 0 Å². The lowest BCUT2D eigenvalue weighted by atomic mass is 10.1. The van der Waals surface area contributed by atoms with Gasteiger partial charge in [0.2, 0.25) is 5.91 Å². The highest BCUT2D eigenvalue weighted by molar-refractivity contribution is 6.06. The first-order valence-corrected chi connectivity index (χ1v) is 8.82. The van der Waals surface area contributed by atoms with Crippen LogP contribution in [-0.4, -0.2) is 24.5 Å². The highest BCUT2D eigenvalue weighted by Gasteiger charge is 2.13. The Morgan fingerprint density at radius 2 is 1.90 bits per heavy atom. The molecular weight excluding hydrogens is 374 g/mol. The van der Waals surface area contributed by atoms with E-state index >= 15 is 0 Å². The Labute approximate surface area is 165 Å². The van der Waals surface area contributed by atoms with Gasteiger partial charge in [0.1, 0.15) is 16.9 Å². The van der Waals surface area contributed by atoms with Gasteiger partial charge in [0.25, 0.3) is 5.69 Å². The summed E-state index contributed by atoms with van der Waals surface area (Å²) < 4.78 is 11.3. The maximum absolute atomic E-state index is 12.3. The van der Waals surface area contributed by atoms with E-state index in [0.717, 1.165) is 16.4 Å². The Bertz CT molecular complexity index is 1230. The molecule has 0 fully saturated rings. The Hall–Kier alpha value is -4.07. The zero-order chi connectivity index (χ0) is 20.4. The molecule has 1 aromatic heterocycles. The van der Waals surface area contributed by atoms with E-state index in [1.807, 2.05) is 30.3 Å². The van der Waals surface area contributed by atoms with Crippen molar-refractivity contribution in [2.75, 3.05) is 24.3 Å². The summed E-state index contributed by atoms with van der Waals surface area (Å²) in [5.41, 5.74) is 2.31. The van der Waals surface area contributed by atoms with Gasteiger partial charge < -0.3 is 19.8 Å². The number of nitrogens with one attached hydrogen (secondary N) is 2. The number of carbonyl (C=O) groups excluding carboxylic acids is 1. The largest absolute Gasteiger partial charge is 0.495 e. The maximum atomic E-state index is 12.3. The first-order chi connectivity index (χ1) is 14.0. The molecule has 0 atom stereocenters. The SMILES string of the molecule is COc1cc2c(cc1NCC(=O)Nc1cccc([N+](=O)[O-])c1)oc1ccccc12. The number of carbonyl (C=O) groups is 1. The number of methoxy groups -OCH3 is 1. The van der Waals surface area contributed by atoms with Crippen LogP contribution in [0.2, 0.25) is 0 Å². The van der Waals surface area contributed by atoms with Gasteiger partial charge in [0, 0.05) is 34.7 Å². The summed E-state index contributed by atoms with van der Waals surface area (Å²) >= 11 is 0. The fraction of sp³-hybridized carbons (Fsp3) is 0.0952. The predicted octanol–water partition coefficient (Wildman–Crippen LogP) is 4.55. The number of para-hydroxylation sites is 1. The maximum Gasteiger partial charge on any atom is 0.271 e. The normalized spacial score (nSPS) is 10.8. The smallest absolute Gasteiger partial charge is 0.271 e. The minimum Gasteiger partial charge on any atom is -0.495 e. The molecule has 3 aromatic carbocycles. The Morgan fingerprint density at radius 1 is 1.07 bits per heavy atom. The summed E-state index contributed by atoms with van der Waals surface area (Å²) in [6, 6.07) is 17.1. The van der Waals surface area contributed by atoms with Crippen LogP contribution in [0.4, 0.5) is 17.1 Å². The molecule has 0 unspecified atom stereocenters. The zero-order valence-corrected chi connectivity index (χ0v) is 15.5. The summed E-state index contributed by atoms with van der Waals surface area (Å²) in [5, 5.41) is 18.4. The number of benzene rings is 3. The molecule has 0 aliphatic rings. The lowest BCUT2D eigenvalue weighted by Gasteiger charge is -2.11. The molecule has 4 aromatic rings. The lowest BCUT2D eigenvalue weighted by Crippen LogP contribution is -2.22. The Morgan fingerprint density at radius 3 is 2.69 bits per heavy atom. The number of non-ortho nitro benzene ring substituents is 1. The van der Waals surface area contributed by atoms with Gasteiger partial charge in [-0.05, 0) is 18.2 Å². The number of anilines is 2. The van der Waals surface area contributed by atoms with Gasteiger partial charge in [-0.25, -0.2) is 0 Å². The number of ether oxygens (including phenoxy) is 1. The molecule has 1 heterocycles. The Balaban J connectivity index is 1.53. The average molecular weight is 391 g/mol. The third-order valence-electron chi connectivity index (χ3n) is 4.48. The van der Waals surface area contributed by atoms with Crippen molar-refractivity contribution in [1.82, 2.24) is 0 Å². The fourth-order valence-corrected chi connectivity index (χ4v) is 3.14. The van der Waals surface area contributed by atoms with Crippen LogP contribution in [0, 0.1) is 10.1 Å². The van der Waals surface area contributed by atoms with Crippen molar-refractivity contribution < 1.29 is 18.9 Å². The van der Waals surface area contributed by atoms with Crippen molar-refractivity contribution in [1.29, 1.82) is 0 Å². The zero-order valence-electron chi connectivity index (χ0n) is 15.5. The second-order valence-electron chi connectivity index (χ2n) is 6.36. The molecule has 4 rings (SSSR count). The number of nitro groups is 1. The number of amides is 1. The summed E-state index contributed by atoms with van der Waals surface area (Å²) in [6.45, 7) is -0.0508. The van der Waals surface area contributed by atoms with Gasteiger partial charge in [-0.3, -0.25) is 14.9 Å². The highest BCUT2D eigenvalue weighted by Crippen LogP contribution is 2.36. The van der Waals surface area contributed by atoms with Crippen LogP contribution in [-0.2, 0) is 4.79 Å². The molecule has 2 N–H and O–H groups in total. The van der Waals surface area contributed by atoms with Crippen molar-refractivity contribution in [3.05, 3.63) is 70.8 Å². The molecule has 0 aliphatic carbocycles. The van der Waals surface area contributed by atoms with Crippen molar-refractivity contribution in [3.8, 4) is 5.75 Å². The average Bonchev–Trinajstić information content (AvgIpc) is 3.09. The molecule has 0 aliphatic heterocycles. The van der Waals surface area contributed by atoms with Crippen molar-refractivity contribution >= 4 is 44.9 Å². The highest BCUT2D eigenvalue weighted by atomic mass is 16.6. The van der Waals surface area contributed by atoms with Gasteiger partial charge in [0.15, 0.2) is 0 Å². The van der Waals surface area contributed by atoms with Crippen LogP contribution in [0.15, 0.2) is 65.1 Å². The second kappa shape index (κ2) is 7.51. The molecular formula is C21H17N3O5. The summed E-state index contributed by atoms with van der Waals surface area (Å²) in [7, 11) is 1.55. The molecule has 8 heteroatoms. The van der Waals surface area contributed by atoms with E-state index in [4.69, 9.17) is 9.15 Å². The summed E-state index contributed by atoms with van der Waals surface area (Å²) in [5.74, 6) is 0.226. The Kier molecular flexibility index (Phi) is 4.74. The lowest BCUT2D eigenvalue weighted by molar-refractivity contribution is -0.384. The van der Waals surface area contributed by atoms with Crippen molar-refractivity contribution in [3.63, 3.8) is 0 Å². The first kappa shape index (κ1) is 18.3. The van der Waals surface area contributed by atoms with Crippen molar-refractivity contribution in [2.45, 2.75) is 0 Å². The van der Waals surface area contributed by atoms with Gasteiger partial charge in [-0.2, -0.15) is 0 Å². The first-order valence-electron chi connectivity index (χ1n) is 8.82. The van der Waals surface area contributed by atoms with Crippen LogP contribution >= 0.6 is 0 Å². The van der Waals surface area contributed by atoms with E-state index in [1.165, 1.54) is 18.2 Å². The molecule has 1 amide bonds. The van der Waals surface area contributed by atoms with Crippen LogP contribution < -0.4 is 15.4 Å². The third kappa shape index (κ3) is 3.68. The molecule has 0 radical (unpaired) electrons. The summed E-state index contributed by atoms with van der Waals surface area (Å²) in [4.78, 5) is 22.6. The molecule has 0 bridgehead atoms. The van der Waals surface area contributed by atoms with Crippen LogP contribution in [0.25, 0.3) is 21.9 Å². The molecule has 0 spiro atoms. The van der Waals surface area contributed by atoms with Gasteiger partial charge in [-0.1, -0.05) is 24.3 Å². The standard InChI is InChI=1S/C21H17N3O5/c1-28-20-10-16-15-7-2-3-8-18(15)29-19(16)11-17(20)22-12-21(25)23-13-5-4-6-14(9-13)24(26)27/h2-11,22H,12H2,1H3,(H,23,25). The fourth-order valence-electron chi connectivity index (χ4n) is 3.14. The number of fused-ring (bicyclic) bond motifs is 3. The number of hydrogen-bond donors (Lipinski definition) is 2. The molecule has 0 saturated heterocycles. The van der Waals surface area contributed by atoms with Crippen LogP contribution in [0.1, 0.15) is 0 Å². The topological polar surface area (TPSA) is 107 Å². The van der Waals surface area contributed by atoms with Crippen LogP contribution in [0.5, 0.6) is 5.75 Å². The number of nitro benzene ring substituents is 1. The minimum atomic E-state index is -0.513. The number of nitrogens with zero attached hydrogens (tertiary/aromatic N) is 1. The molecule has 0 saturated carbocycles. The third-order valence-corrected chi connectivity index (χ3v) is 4.48. The van der Waals surface area contributed by atoms with Gasteiger partial charge >= 0.3 is 0 Å². The van der Waals surface area contributed by atoms with Gasteiger partial charge in [0.05, 0.1) is 24.3 Å². The monoisotopic (exact) mass is 391 g/mol. The van der Waals surface area contributed by atoms with E-state index in [2.05, 4.69) is 10.6 Å². The quantitative estimate of drug-likeness (QED) is 0.369. The minimum absolute atomic E-state index is 0.0508. The second-order valence-corrected chi connectivity index (χ2v) is 6.36. The molecule has 29 heavy (non-hydrogen) atoms. The summed E-state index contributed by atoms with van der Waals surface area (Å²) in [6.07, 6.45) is 0. The van der Waals surface area contributed by atoms with E-state index in [-0.39, 0.29) is 18.1 Å². The van der Waals surface area contributed by atoms with E-state index in [1.54, 1.807) is 19.2 Å². The van der Waals surface area contributed by atoms with Crippen molar-refractivity contribution in [2.24, 2.45) is 0 Å². The van der Waals surface area contributed by atoms with E-state index in [9.17, 15) is 14.9 Å². The van der Waals surface area contributed by atoms with Crippen LogP contribution in [0.3, 0.4) is 0 Å². The number of furan rings is 1.